The van der Waals surface area contributed by atoms with E-state index < -0.39 is 10.0 Å². The monoisotopic (exact) mass is 791 g/mol. The van der Waals surface area contributed by atoms with E-state index >= 15 is 0 Å². The Morgan fingerprint density at radius 2 is 1.77 bits per heavy atom. The average molecular weight is 792 g/mol. The van der Waals surface area contributed by atoms with E-state index in [0.29, 0.717) is 50.0 Å². The van der Waals surface area contributed by atoms with E-state index in [1.54, 1.807) is 21.0 Å². The molecule has 306 valence electrons. The number of sulfonamides is 1. The normalized spacial score (nSPS) is 18.1. The first-order valence-corrected chi connectivity index (χ1v) is 21.0. The van der Waals surface area contributed by atoms with E-state index in [2.05, 4.69) is 73.2 Å². The molecule has 2 atom stereocenters. The van der Waals surface area contributed by atoms with Crippen LogP contribution in [0.2, 0.25) is 0 Å². The van der Waals surface area contributed by atoms with E-state index in [1.165, 1.54) is 0 Å². The molecule has 0 bridgehead atoms. The van der Waals surface area contributed by atoms with Crippen LogP contribution in [0.15, 0.2) is 75.5 Å². The van der Waals surface area contributed by atoms with Gasteiger partial charge in [0.1, 0.15) is 5.65 Å². The minimum Gasteiger partial charge on any atom is -0.376 e. The van der Waals surface area contributed by atoms with Gasteiger partial charge in [0, 0.05) is 54.9 Å². The van der Waals surface area contributed by atoms with Gasteiger partial charge in [0.2, 0.25) is 10.0 Å². The lowest BCUT2D eigenvalue weighted by molar-refractivity contribution is -0.0940. The number of H-pyrrole nitrogens is 1. The molecule has 2 aromatic heterocycles. The zero-order valence-electron chi connectivity index (χ0n) is 33.8. The summed E-state index contributed by atoms with van der Waals surface area (Å²) in [6.45, 7) is 18.4. The van der Waals surface area contributed by atoms with E-state index in [9.17, 15) is 13.2 Å². The molecule has 0 aliphatic carbocycles. The Hall–Kier alpha value is -4.12. The molecule has 0 amide bonds. The molecule has 14 nitrogen and oxygen atoms in total. The number of fused-ring (bicyclic) bond motifs is 1. The van der Waals surface area contributed by atoms with Crippen LogP contribution >= 0.6 is 0 Å². The maximum absolute atomic E-state index is 13.5. The summed E-state index contributed by atoms with van der Waals surface area (Å²) in [7, 11) is -3.60. The molecule has 6 rings (SSSR count). The Kier molecular flexibility index (Phi) is 14.5. The fourth-order valence-corrected chi connectivity index (χ4v) is 8.32. The fraction of sp³-hybridized carbons (Fsp3) is 0.537. The molecule has 2 unspecified atom stereocenters. The zero-order chi connectivity index (χ0) is 40.5. The number of rotatable bonds is 12. The van der Waals surface area contributed by atoms with E-state index in [4.69, 9.17) is 20.9 Å². The molecule has 0 radical (unpaired) electrons. The lowest BCUT2D eigenvalue weighted by atomic mass is 9.87. The molecule has 2 aliphatic rings. The molecule has 56 heavy (non-hydrogen) atoms. The maximum atomic E-state index is 13.5. The fourth-order valence-electron chi connectivity index (χ4n) is 6.63. The van der Waals surface area contributed by atoms with E-state index in [1.807, 2.05) is 42.6 Å². The van der Waals surface area contributed by atoms with Gasteiger partial charge in [-0.2, -0.15) is 9.29 Å². The minimum atomic E-state index is -3.60. The summed E-state index contributed by atoms with van der Waals surface area (Å²) in [6, 6.07) is 17.2. The van der Waals surface area contributed by atoms with E-state index in [-0.39, 0.29) is 34.6 Å². The first-order chi connectivity index (χ1) is 26.5. The quantitative estimate of drug-likeness (QED) is 0.0798. The third kappa shape index (κ3) is 11.7. The zero-order valence-corrected chi connectivity index (χ0v) is 34.6. The lowest BCUT2D eigenvalue weighted by Crippen LogP contribution is -2.52. The van der Waals surface area contributed by atoms with Crippen molar-refractivity contribution >= 4 is 27.0 Å². The van der Waals surface area contributed by atoms with Crippen LogP contribution in [0, 0.1) is 0 Å². The minimum absolute atomic E-state index is 0.0114. The summed E-state index contributed by atoms with van der Waals surface area (Å²) in [5.41, 5.74) is 15.0. The van der Waals surface area contributed by atoms with Crippen molar-refractivity contribution in [1.82, 2.24) is 29.5 Å². The number of guanidine groups is 1. The summed E-state index contributed by atoms with van der Waals surface area (Å²) < 4.78 is 41.4. The van der Waals surface area contributed by atoms with Crippen molar-refractivity contribution in [3.8, 4) is 5.69 Å². The maximum Gasteiger partial charge on any atom is 0.354 e. The van der Waals surface area contributed by atoms with Gasteiger partial charge in [-0.3, -0.25) is 9.56 Å². The summed E-state index contributed by atoms with van der Waals surface area (Å²) in [6.07, 6.45) is 4.32. The number of aromatic amines is 1. The SMILES string of the molecule is CC(C)(C)c1cc2cn(-c3ccc(CNCCCN=C(N)N)cc3)c(=O)nc2[nH]1.CC(C)(C)c1ccc(S(=O)(=O)N(CC2COCCO2)C2CCCNC2)cc1. The Morgan fingerprint density at radius 1 is 1.04 bits per heavy atom. The first-order valence-electron chi connectivity index (χ1n) is 19.5. The summed E-state index contributed by atoms with van der Waals surface area (Å²) in [5, 5.41) is 7.60. The number of aromatic nitrogens is 3. The third-order valence-corrected chi connectivity index (χ3v) is 11.9. The van der Waals surface area contributed by atoms with Crippen molar-refractivity contribution in [3.05, 3.63) is 88.1 Å². The van der Waals surface area contributed by atoms with Crippen LogP contribution in [0.1, 0.15) is 77.6 Å². The van der Waals surface area contributed by atoms with Crippen LogP contribution in [0.5, 0.6) is 0 Å². The third-order valence-electron chi connectivity index (χ3n) is 9.94. The number of nitrogens with one attached hydrogen (secondary N) is 3. The van der Waals surface area contributed by atoms with Gasteiger partial charge in [-0.1, -0.05) is 65.8 Å². The van der Waals surface area contributed by atoms with Crippen molar-refractivity contribution in [2.75, 3.05) is 52.5 Å². The summed E-state index contributed by atoms with van der Waals surface area (Å²) in [4.78, 5) is 24.2. The average Bonchev–Trinajstić information content (AvgIpc) is 3.60. The van der Waals surface area contributed by atoms with Crippen molar-refractivity contribution in [1.29, 1.82) is 0 Å². The highest BCUT2D eigenvalue weighted by Gasteiger charge is 2.35. The number of hydrogen-bond acceptors (Lipinski definition) is 9. The smallest absolute Gasteiger partial charge is 0.354 e. The molecule has 2 saturated heterocycles. The predicted molar refractivity (Wildman–Crippen MR) is 223 cm³/mol. The molecule has 4 aromatic rings. The van der Waals surface area contributed by atoms with Gasteiger partial charge in [0.25, 0.3) is 0 Å². The van der Waals surface area contributed by atoms with Crippen molar-refractivity contribution in [3.63, 3.8) is 0 Å². The second-order valence-electron chi connectivity index (χ2n) is 16.6. The largest absolute Gasteiger partial charge is 0.376 e. The van der Waals surface area contributed by atoms with Crippen LogP contribution in [-0.4, -0.2) is 97.9 Å². The molecule has 0 spiro atoms. The van der Waals surface area contributed by atoms with E-state index in [0.717, 1.165) is 66.8 Å². The van der Waals surface area contributed by atoms with Gasteiger partial charge in [-0.25, -0.2) is 13.2 Å². The first kappa shape index (κ1) is 43.0. The Balaban J connectivity index is 0.000000215. The molecule has 2 fully saturated rings. The Morgan fingerprint density at radius 3 is 2.38 bits per heavy atom. The molecular weight excluding hydrogens is 731 g/mol. The van der Waals surface area contributed by atoms with Crippen LogP contribution in [0.4, 0.5) is 0 Å². The van der Waals surface area contributed by atoms with Gasteiger partial charge in [0.05, 0.1) is 36.5 Å². The lowest BCUT2D eigenvalue weighted by Gasteiger charge is -2.36. The van der Waals surface area contributed by atoms with Crippen molar-refractivity contribution in [2.45, 2.75) is 95.2 Å². The molecule has 2 aromatic carbocycles. The van der Waals surface area contributed by atoms with Crippen LogP contribution < -0.4 is 27.8 Å². The number of benzene rings is 2. The number of ether oxygens (including phenoxy) is 2. The number of aliphatic imine (C=N–C) groups is 1. The second-order valence-corrected chi connectivity index (χ2v) is 18.4. The number of nitrogens with zero attached hydrogens (tertiary/aromatic N) is 4. The van der Waals surface area contributed by atoms with Crippen LogP contribution in [0.3, 0.4) is 0 Å². The van der Waals surface area contributed by atoms with Gasteiger partial charge in [-0.15, -0.1) is 0 Å². The molecule has 0 saturated carbocycles. The second kappa shape index (κ2) is 18.9. The number of piperidine rings is 1. The van der Waals surface area contributed by atoms with Crippen molar-refractivity contribution < 1.29 is 17.9 Å². The summed E-state index contributed by atoms with van der Waals surface area (Å²) >= 11 is 0. The standard InChI is InChI=1S/C21H29N7O.C20H32N2O4S/c1-21(2,3)17-11-15-13-28(20(29)27-18(15)26-17)16-7-5-14(6-8-16)12-24-9-4-10-25-19(22)23;1-20(2,3)16-6-8-19(9-7-16)27(23,24)22(17-5-4-10-21-13-17)14-18-15-25-11-12-26-18/h5-8,11,13,24H,4,9-10,12H2,1-3H3,(H4,22,23,25)(H,26,27,29);6-9,17-18,21H,4-5,10-15H2,1-3H3. The highest BCUT2D eigenvalue weighted by Crippen LogP contribution is 2.28. The number of hydrogen-bond donors (Lipinski definition) is 5. The number of nitrogens with two attached hydrogens (primary N) is 2. The van der Waals surface area contributed by atoms with Gasteiger partial charge in [0.15, 0.2) is 5.96 Å². The van der Waals surface area contributed by atoms with Crippen molar-refractivity contribution in [2.24, 2.45) is 16.5 Å². The molecule has 15 heteroatoms. The van der Waals surface area contributed by atoms with Gasteiger partial charge in [-0.05, 0) is 79.2 Å². The topological polar surface area (TPSA) is 195 Å². The molecule has 7 N–H and O–H groups in total. The van der Waals surface area contributed by atoms with Gasteiger partial charge < -0.3 is 36.6 Å². The summed E-state index contributed by atoms with van der Waals surface area (Å²) in [5.74, 6) is 0.123. The molecular formula is C41H61N9O5S. The Bertz CT molecular complexity index is 2050. The highest BCUT2D eigenvalue weighted by atomic mass is 32.2. The Labute approximate surface area is 331 Å². The predicted octanol–water partition coefficient (Wildman–Crippen LogP) is 3.91. The molecule has 2 aliphatic heterocycles. The van der Waals surface area contributed by atoms with Crippen LogP contribution in [0.25, 0.3) is 16.7 Å². The van der Waals surface area contributed by atoms with Gasteiger partial charge >= 0.3 is 5.69 Å². The highest BCUT2D eigenvalue weighted by molar-refractivity contribution is 7.89. The molecule has 4 heterocycles. The van der Waals surface area contributed by atoms with Crippen LogP contribution in [-0.2, 0) is 36.9 Å².